The molecule has 0 unspecified atom stereocenters. The first-order valence-corrected chi connectivity index (χ1v) is 8.96. The van der Waals surface area contributed by atoms with E-state index < -0.39 is 6.85 Å². The zero-order valence-corrected chi connectivity index (χ0v) is 19.5. The normalized spacial score (nSPS) is 13.7. The topological polar surface area (TPSA) is 13.7 Å². The molecule has 2 heterocycles. The Morgan fingerprint density at radius 3 is 2.57 bits per heavy atom. The number of nitrogens with zero attached hydrogens (tertiary/aromatic N) is 3. The van der Waals surface area contributed by atoms with E-state index in [1.807, 2.05) is 62.5 Å². The van der Waals surface area contributed by atoms with Crippen molar-refractivity contribution in [3.8, 4) is 11.5 Å². The Balaban J connectivity index is 0.00000272. The van der Waals surface area contributed by atoms with E-state index >= 15 is 0 Å². The first-order valence-electron chi connectivity index (χ1n) is 10.5. The van der Waals surface area contributed by atoms with Crippen LogP contribution in [0.1, 0.15) is 35.0 Å². The Bertz CT molecular complexity index is 1260. The molecule has 0 saturated heterocycles. The molecule has 0 amide bonds. The summed E-state index contributed by atoms with van der Waals surface area (Å²) in [5.74, 6) is 1.00. The molecule has 0 fully saturated rings. The fourth-order valence-electron chi connectivity index (χ4n) is 3.49. The maximum Gasteiger partial charge on any atom is 0.239 e. The van der Waals surface area contributed by atoms with Gasteiger partial charge in [-0.3, -0.25) is 5.57 Å². The smallest absolute Gasteiger partial charge is 0.239 e. The van der Waals surface area contributed by atoms with Crippen molar-refractivity contribution in [1.82, 2.24) is 9.13 Å². The number of aryl methyl sites for hydroxylation is 1. The van der Waals surface area contributed by atoms with Crippen molar-refractivity contribution in [3.05, 3.63) is 84.0 Å². The third kappa shape index (κ3) is 3.31. The van der Waals surface area contributed by atoms with Gasteiger partial charge in [0.2, 0.25) is 11.6 Å². The number of para-hydroxylation sites is 2. The van der Waals surface area contributed by atoms with Crippen LogP contribution in [0.4, 0.5) is 0 Å². The van der Waals surface area contributed by atoms with Crippen LogP contribution in [0.3, 0.4) is 0 Å². The summed E-state index contributed by atoms with van der Waals surface area (Å²) in [5.41, 5.74) is 4.74. The van der Waals surface area contributed by atoms with Crippen LogP contribution in [0.2, 0.25) is 0 Å². The molecule has 0 aliphatic carbocycles. The molecule has 2 aromatic heterocycles. The van der Waals surface area contributed by atoms with E-state index in [0.717, 1.165) is 39.2 Å². The second-order valence-electron chi connectivity index (χ2n) is 6.73. The van der Waals surface area contributed by atoms with E-state index in [1.165, 1.54) is 0 Å². The van der Waals surface area contributed by atoms with Crippen molar-refractivity contribution in [3.63, 3.8) is 0 Å². The summed E-state index contributed by atoms with van der Waals surface area (Å²) in [6, 6.07) is 19.2. The Morgan fingerprint density at radius 1 is 1.14 bits per heavy atom. The third-order valence-electron chi connectivity index (χ3n) is 5.07. The molecule has 4 heteroatoms. The molecule has 28 heavy (non-hydrogen) atoms. The predicted molar refractivity (Wildman–Crippen MR) is 110 cm³/mol. The fourth-order valence-corrected chi connectivity index (χ4v) is 3.49. The second-order valence-corrected chi connectivity index (χ2v) is 6.73. The minimum absolute atomic E-state index is 0. The molecule has 2 aromatic carbocycles. The first kappa shape index (κ1) is 16.9. The molecule has 1 radical (unpaired) electrons. The van der Waals surface area contributed by atoms with Gasteiger partial charge in [-0.05, 0) is 19.1 Å². The van der Waals surface area contributed by atoms with Gasteiger partial charge in [0.05, 0.1) is 7.05 Å². The molecule has 3 nitrogen and oxygen atoms in total. The SMILES string of the molecule is [2H]C([2H])([2H])c1n(-c2ccccc2)cc(-n2c(C(C)=[C-]C)[c-]c3cccc(C)c32)[n+]1C.[Y]. The second kappa shape index (κ2) is 8.18. The predicted octanol–water partition coefficient (Wildman–Crippen LogP) is 4.89. The van der Waals surface area contributed by atoms with Gasteiger partial charge in [0.1, 0.15) is 11.9 Å². The molecule has 0 bridgehead atoms. The largest absolute Gasteiger partial charge is 0.362 e. The van der Waals surface area contributed by atoms with Gasteiger partial charge in [0.25, 0.3) is 0 Å². The van der Waals surface area contributed by atoms with Gasteiger partial charge in [-0.2, -0.15) is 0 Å². The van der Waals surface area contributed by atoms with Crippen molar-refractivity contribution in [2.24, 2.45) is 7.05 Å². The summed E-state index contributed by atoms with van der Waals surface area (Å²) >= 11 is 0. The summed E-state index contributed by atoms with van der Waals surface area (Å²) in [7, 11) is 1.80. The Hall–Kier alpha value is -1.97. The average molecular weight is 446 g/mol. The quantitative estimate of drug-likeness (QED) is 0.314. The van der Waals surface area contributed by atoms with Crippen LogP contribution in [0.5, 0.6) is 0 Å². The van der Waals surface area contributed by atoms with Crippen molar-refractivity contribution >= 4 is 16.5 Å². The molecule has 0 saturated carbocycles. The number of allylic oxidation sites excluding steroid dienone is 2. The van der Waals surface area contributed by atoms with Crippen LogP contribution < -0.4 is 4.57 Å². The zero-order chi connectivity index (χ0) is 21.6. The van der Waals surface area contributed by atoms with Crippen LogP contribution >= 0.6 is 0 Å². The van der Waals surface area contributed by atoms with E-state index in [0.29, 0.717) is 0 Å². The summed E-state index contributed by atoms with van der Waals surface area (Å²) in [6.07, 6.45) is 5.10. The summed E-state index contributed by atoms with van der Waals surface area (Å²) < 4.78 is 30.1. The number of hydrogen-bond acceptors (Lipinski definition) is 0. The van der Waals surface area contributed by atoms with Gasteiger partial charge >= 0.3 is 0 Å². The van der Waals surface area contributed by atoms with E-state index in [1.54, 1.807) is 16.2 Å². The number of aromatic nitrogens is 3. The molecule has 0 N–H and O–H groups in total. The molecule has 139 valence electrons. The Morgan fingerprint density at radius 2 is 1.89 bits per heavy atom. The van der Waals surface area contributed by atoms with E-state index in [-0.39, 0.29) is 38.5 Å². The number of benzene rings is 2. The number of hydrogen-bond donors (Lipinski definition) is 0. The van der Waals surface area contributed by atoms with Crippen molar-refractivity contribution in [2.75, 3.05) is 0 Å². The molecule has 0 aliphatic heterocycles. The van der Waals surface area contributed by atoms with E-state index in [9.17, 15) is 0 Å². The average Bonchev–Trinajstić information content (AvgIpc) is 3.26. The van der Waals surface area contributed by atoms with Gasteiger partial charge < -0.3 is 10.6 Å². The van der Waals surface area contributed by atoms with Crippen molar-refractivity contribution < 1.29 is 41.4 Å². The molecule has 0 atom stereocenters. The minimum Gasteiger partial charge on any atom is -0.362 e. The number of rotatable bonds is 3. The van der Waals surface area contributed by atoms with Gasteiger partial charge in [0.15, 0.2) is 0 Å². The Kier molecular flexibility index (Phi) is 4.95. The molecular weight excluding hydrogens is 419 g/mol. The fraction of sp³-hybridized carbons (Fsp3) is 0.208. The summed E-state index contributed by atoms with van der Waals surface area (Å²) in [6.45, 7) is 3.65. The zero-order valence-electron chi connectivity index (χ0n) is 19.6. The molecule has 0 spiro atoms. The van der Waals surface area contributed by atoms with Gasteiger partial charge in [-0.25, -0.2) is 15.2 Å². The van der Waals surface area contributed by atoms with Gasteiger partial charge in [0, 0.05) is 49.2 Å². The summed E-state index contributed by atoms with van der Waals surface area (Å²) in [4.78, 5) is 0. The van der Waals surface area contributed by atoms with Crippen LogP contribution in [-0.4, -0.2) is 9.13 Å². The van der Waals surface area contributed by atoms with E-state index in [4.69, 9.17) is 4.11 Å². The van der Waals surface area contributed by atoms with Crippen LogP contribution in [0.25, 0.3) is 28.0 Å². The third-order valence-corrected chi connectivity index (χ3v) is 5.07. The molecule has 4 aromatic rings. The first-order chi connectivity index (χ1) is 14.2. The van der Waals surface area contributed by atoms with Crippen molar-refractivity contribution in [1.29, 1.82) is 0 Å². The van der Waals surface area contributed by atoms with Gasteiger partial charge in [-0.1, -0.05) is 29.8 Å². The number of fused-ring (bicyclic) bond motifs is 1. The standard InChI is InChI=1S/C24H24N3.Y/c1-6-17(2)22-15-20-12-10-11-18(3)24(20)27(22)23-16-26(19(4)25(23)5)21-13-8-7-9-14-21;/h7-14,16H,1-5H3;/q-1;/i4D3;. The number of imidazole rings is 1. The molecule has 4 rings (SSSR count). The maximum atomic E-state index is 8.18. The van der Waals surface area contributed by atoms with Crippen molar-refractivity contribution in [2.45, 2.75) is 27.6 Å². The van der Waals surface area contributed by atoms with Crippen LogP contribution in [0, 0.1) is 25.9 Å². The molecule has 0 aliphatic rings. The van der Waals surface area contributed by atoms with Gasteiger partial charge in [-0.15, -0.1) is 37.1 Å². The maximum absolute atomic E-state index is 8.18. The van der Waals surface area contributed by atoms with Crippen LogP contribution in [0.15, 0.2) is 54.7 Å². The monoisotopic (exact) mass is 446 g/mol. The molecular formula is C24H24N3Y-. The van der Waals surface area contributed by atoms with Crippen LogP contribution in [-0.2, 0) is 39.8 Å². The minimum atomic E-state index is -2.29. The Labute approximate surface area is 196 Å². The summed E-state index contributed by atoms with van der Waals surface area (Å²) in [5, 5.41) is 0.988. The van der Waals surface area contributed by atoms with E-state index in [2.05, 4.69) is 29.7 Å².